The minimum atomic E-state index is -3.45. The van der Waals surface area contributed by atoms with Gasteiger partial charge in [0.2, 0.25) is 15.9 Å². The molecule has 0 radical (unpaired) electrons. The molecule has 1 aliphatic heterocycles. The summed E-state index contributed by atoms with van der Waals surface area (Å²) in [6.45, 7) is 5.80. The highest BCUT2D eigenvalue weighted by molar-refractivity contribution is 7.89. The van der Waals surface area contributed by atoms with Gasteiger partial charge in [-0.05, 0) is 38.8 Å². The van der Waals surface area contributed by atoms with Gasteiger partial charge in [-0.1, -0.05) is 17.7 Å². The summed E-state index contributed by atoms with van der Waals surface area (Å²) < 4.78 is 26.9. The zero-order valence-electron chi connectivity index (χ0n) is 14.2. The van der Waals surface area contributed by atoms with E-state index in [0.717, 1.165) is 18.4 Å². The number of nitrogens with one attached hydrogen (secondary N) is 1. The SMILES string of the molecule is Cc1ccc(S(=O)(=O)N2CCN(C(C)C(=O)NC3CC3)CC2)cc1. The second kappa shape index (κ2) is 6.82. The maximum Gasteiger partial charge on any atom is 0.243 e. The Hall–Kier alpha value is -1.44. The predicted octanol–water partition coefficient (Wildman–Crippen LogP) is 0.968. The Morgan fingerprint density at radius 3 is 2.25 bits per heavy atom. The highest BCUT2D eigenvalue weighted by Crippen LogP contribution is 2.21. The van der Waals surface area contributed by atoms with Crippen molar-refractivity contribution in [3.8, 4) is 0 Å². The molecule has 1 saturated heterocycles. The van der Waals surface area contributed by atoms with Gasteiger partial charge in [-0.15, -0.1) is 0 Å². The summed E-state index contributed by atoms with van der Waals surface area (Å²) >= 11 is 0. The van der Waals surface area contributed by atoms with E-state index < -0.39 is 10.0 Å². The van der Waals surface area contributed by atoms with E-state index in [9.17, 15) is 13.2 Å². The molecule has 0 aromatic heterocycles. The first-order valence-corrected chi connectivity index (χ1v) is 9.93. The molecule has 24 heavy (non-hydrogen) atoms. The third-order valence-electron chi connectivity index (χ3n) is 4.78. The number of rotatable bonds is 5. The largest absolute Gasteiger partial charge is 0.352 e. The normalized spacial score (nSPS) is 21.4. The number of hydrogen-bond donors (Lipinski definition) is 1. The molecule has 1 saturated carbocycles. The Bertz CT molecular complexity index is 690. The summed E-state index contributed by atoms with van der Waals surface area (Å²) in [5.74, 6) is 0.0485. The topological polar surface area (TPSA) is 69.7 Å². The Morgan fingerprint density at radius 2 is 1.71 bits per heavy atom. The molecule has 1 aliphatic carbocycles. The van der Waals surface area contributed by atoms with Crippen LogP contribution in [0, 0.1) is 6.92 Å². The van der Waals surface area contributed by atoms with E-state index in [-0.39, 0.29) is 11.9 Å². The number of nitrogens with zero attached hydrogens (tertiary/aromatic N) is 2. The highest BCUT2D eigenvalue weighted by Gasteiger charge is 2.33. The molecule has 132 valence electrons. The van der Waals surface area contributed by atoms with Crippen LogP contribution in [0.3, 0.4) is 0 Å². The van der Waals surface area contributed by atoms with Crippen LogP contribution in [0.4, 0.5) is 0 Å². The fourth-order valence-electron chi connectivity index (χ4n) is 2.91. The van der Waals surface area contributed by atoms with Crippen molar-refractivity contribution in [3.05, 3.63) is 29.8 Å². The number of sulfonamides is 1. The summed E-state index contributed by atoms with van der Waals surface area (Å²) in [4.78, 5) is 14.5. The standard InChI is InChI=1S/C17H25N3O3S/c1-13-3-7-16(8-4-13)24(22,23)20-11-9-19(10-12-20)14(2)17(21)18-15-5-6-15/h3-4,7-8,14-15H,5-6,9-12H2,1-2H3,(H,18,21). The first-order valence-electron chi connectivity index (χ1n) is 8.49. The van der Waals surface area contributed by atoms with Crippen LogP contribution in [0.2, 0.25) is 0 Å². The first-order chi connectivity index (χ1) is 11.4. The summed E-state index contributed by atoms with van der Waals surface area (Å²) in [5.41, 5.74) is 1.04. The summed E-state index contributed by atoms with van der Waals surface area (Å²) in [7, 11) is -3.45. The van der Waals surface area contributed by atoms with Crippen LogP contribution in [-0.4, -0.2) is 61.8 Å². The molecule has 1 atom stereocenters. The van der Waals surface area contributed by atoms with Crippen LogP contribution in [0.1, 0.15) is 25.3 Å². The molecule has 3 rings (SSSR count). The average Bonchev–Trinajstić information content (AvgIpc) is 3.38. The Morgan fingerprint density at radius 1 is 1.12 bits per heavy atom. The fraction of sp³-hybridized carbons (Fsp3) is 0.588. The number of carbonyl (C=O) groups is 1. The number of amides is 1. The van der Waals surface area contributed by atoms with Crippen LogP contribution >= 0.6 is 0 Å². The smallest absolute Gasteiger partial charge is 0.243 e. The fourth-order valence-corrected chi connectivity index (χ4v) is 4.33. The van der Waals surface area contributed by atoms with Crippen LogP contribution in [-0.2, 0) is 14.8 Å². The molecule has 1 heterocycles. The molecule has 1 N–H and O–H groups in total. The number of hydrogen-bond acceptors (Lipinski definition) is 4. The zero-order valence-corrected chi connectivity index (χ0v) is 15.1. The molecule has 6 nitrogen and oxygen atoms in total. The van der Waals surface area contributed by atoms with Crippen molar-refractivity contribution in [2.24, 2.45) is 0 Å². The van der Waals surface area contributed by atoms with Gasteiger partial charge >= 0.3 is 0 Å². The third-order valence-corrected chi connectivity index (χ3v) is 6.70. The summed E-state index contributed by atoms with van der Waals surface area (Å²) in [6.07, 6.45) is 2.14. The Kier molecular flexibility index (Phi) is 4.94. The van der Waals surface area contributed by atoms with Crippen molar-refractivity contribution in [1.82, 2.24) is 14.5 Å². The lowest BCUT2D eigenvalue weighted by Crippen LogP contribution is -2.55. The van der Waals surface area contributed by atoms with E-state index in [0.29, 0.717) is 37.1 Å². The van der Waals surface area contributed by atoms with Crippen molar-refractivity contribution in [2.75, 3.05) is 26.2 Å². The van der Waals surface area contributed by atoms with Crippen LogP contribution < -0.4 is 5.32 Å². The minimum Gasteiger partial charge on any atom is -0.352 e. The van der Waals surface area contributed by atoms with Crippen molar-refractivity contribution >= 4 is 15.9 Å². The monoisotopic (exact) mass is 351 g/mol. The molecule has 2 fully saturated rings. The Labute approximate surface area is 143 Å². The molecule has 2 aliphatic rings. The molecule has 1 aromatic rings. The van der Waals surface area contributed by atoms with Gasteiger partial charge in [-0.25, -0.2) is 8.42 Å². The maximum atomic E-state index is 12.7. The van der Waals surface area contributed by atoms with E-state index in [1.54, 1.807) is 12.1 Å². The molecule has 7 heteroatoms. The van der Waals surface area contributed by atoms with E-state index >= 15 is 0 Å². The molecule has 0 bridgehead atoms. The number of piperazine rings is 1. The molecular formula is C17H25N3O3S. The molecule has 1 unspecified atom stereocenters. The second-order valence-corrected chi connectivity index (χ2v) is 8.65. The quantitative estimate of drug-likeness (QED) is 0.858. The molecule has 1 amide bonds. The number of carbonyl (C=O) groups excluding carboxylic acids is 1. The lowest BCUT2D eigenvalue weighted by molar-refractivity contribution is -0.126. The van der Waals surface area contributed by atoms with E-state index in [1.807, 2.05) is 26.0 Å². The molecule has 1 aromatic carbocycles. The van der Waals surface area contributed by atoms with Crippen molar-refractivity contribution in [2.45, 2.75) is 43.7 Å². The van der Waals surface area contributed by atoms with Crippen LogP contribution in [0.25, 0.3) is 0 Å². The van der Waals surface area contributed by atoms with Gasteiger partial charge in [-0.3, -0.25) is 9.69 Å². The average molecular weight is 351 g/mol. The third kappa shape index (κ3) is 3.79. The van der Waals surface area contributed by atoms with Crippen molar-refractivity contribution < 1.29 is 13.2 Å². The first kappa shape index (κ1) is 17.4. The van der Waals surface area contributed by atoms with Crippen molar-refractivity contribution in [3.63, 3.8) is 0 Å². The van der Waals surface area contributed by atoms with Crippen molar-refractivity contribution in [1.29, 1.82) is 0 Å². The van der Waals surface area contributed by atoms with Gasteiger partial charge in [0.1, 0.15) is 0 Å². The summed E-state index contributed by atoms with van der Waals surface area (Å²) in [5, 5.41) is 3.01. The maximum absolute atomic E-state index is 12.7. The number of aryl methyl sites for hydroxylation is 1. The molecular weight excluding hydrogens is 326 g/mol. The van der Waals surface area contributed by atoms with E-state index in [4.69, 9.17) is 0 Å². The van der Waals surface area contributed by atoms with E-state index in [2.05, 4.69) is 10.2 Å². The van der Waals surface area contributed by atoms with Gasteiger partial charge in [0, 0.05) is 32.2 Å². The minimum absolute atomic E-state index is 0.0485. The second-order valence-electron chi connectivity index (χ2n) is 6.71. The van der Waals surface area contributed by atoms with E-state index in [1.165, 1.54) is 4.31 Å². The lowest BCUT2D eigenvalue weighted by atomic mass is 10.2. The van der Waals surface area contributed by atoms with Gasteiger partial charge < -0.3 is 5.32 Å². The van der Waals surface area contributed by atoms with Gasteiger partial charge in [0.15, 0.2) is 0 Å². The predicted molar refractivity (Wildman–Crippen MR) is 92.1 cm³/mol. The van der Waals surface area contributed by atoms with Crippen LogP contribution in [0.5, 0.6) is 0 Å². The van der Waals surface area contributed by atoms with Gasteiger partial charge in [0.25, 0.3) is 0 Å². The lowest BCUT2D eigenvalue weighted by Gasteiger charge is -2.36. The zero-order chi connectivity index (χ0) is 17.3. The van der Waals surface area contributed by atoms with Crippen LogP contribution in [0.15, 0.2) is 29.2 Å². The summed E-state index contributed by atoms with van der Waals surface area (Å²) in [6, 6.07) is 7.07. The highest BCUT2D eigenvalue weighted by atomic mass is 32.2. The number of benzene rings is 1. The Balaban J connectivity index is 1.59. The molecule has 0 spiro atoms. The van der Waals surface area contributed by atoms with Gasteiger partial charge in [0.05, 0.1) is 10.9 Å². The van der Waals surface area contributed by atoms with Gasteiger partial charge in [-0.2, -0.15) is 4.31 Å².